The van der Waals surface area contributed by atoms with Crippen LogP contribution in [-0.4, -0.2) is 47.3 Å². The van der Waals surface area contributed by atoms with Crippen LogP contribution in [0, 0.1) is 5.92 Å². The summed E-state index contributed by atoms with van der Waals surface area (Å²) >= 11 is 0. The summed E-state index contributed by atoms with van der Waals surface area (Å²) in [6, 6.07) is 0. The molecule has 1 heterocycles. The van der Waals surface area contributed by atoms with Crippen molar-refractivity contribution in [1.29, 1.82) is 0 Å². The number of aliphatic carboxylic acids is 1. The number of hydrogen-bond donors (Lipinski definition) is 4. The Bertz CT molecular complexity index is 272. The molecular formula is C10H18N2O4. The van der Waals surface area contributed by atoms with Gasteiger partial charge < -0.3 is 20.8 Å². The molecule has 1 aliphatic heterocycles. The van der Waals surface area contributed by atoms with Gasteiger partial charge in [0.2, 0.25) is 5.91 Å². The summed E-state index contributed by atoms with van der Waals surface area (Å²) in [6.07, 6.45) is 1.74. The zero-order chi connectivity index (χ0) is 12.2. The highest BCUT2D eigenvalue weighted by atomic mass is 16.4. The van der Waals surface area contributed by atoms with Gasteiger partial charge in [0.1, 0.15) is 0 Å². The average molecular weight is 230 g/mol. The van der Waals surface area contributed by atoms with Crippen molar-refractivity contribution in [2.75, 3.05) is 19.6 Å². The number of carbonyl (C=O) groups excluding carboxylic acids is 1. The normalized spacial score (nSPS) is 24.5. The lowest BCUT2D eigenvalue weighted by molar-refractivity contribution is -0.156. The van der Waals surface area contributed by atoms with Crippen LogP contribution in [0.15, 0.2) is 0 Å². The van der Waals surface area contributed by atoms with Crippen molar-refractivity contribution in [2.24, 2.45) is 5.92 Å². The number of carbonyl (C=O) groups is 2. The Labute approximate surface area is 94.0 Å². The third-order valence-electron chi connectivity index (χ3n) is 2.74. The first-order valence-electron chi connectivity index (χ1n) is 5.37. The van der Waals surface area contributed by atoms with Crippen LogP contribution >= 0.6 is 0 Å². The first-order chi connectivity index (χ1) is 7.43. The van der Waals surface area contributed by atoms with Gasteiger partial charge in [-0.05, 0) is 26.3 Å². The van der Waals surface area contributed by atoms with E-state index < -0.39 is 11.6 Å². The van der Waals surface area contributed by atoms with Gasteiger partial charge >= 0.3 is 5.97 Å². The molecule has 0 aliphatic carbocycles. The van der Waals surface area contributed by atoms with Crippen molar-refractivity contribution in [3.63, 3.8) is 0 Å². The van der Waals surface area contributed by atoms with E-state index >= 15 is 0 Å². The lowest BCUT2D eigenvalue weighted by Gasteiger charge is -2.24. The predicted molar refractivity (Wildman–Crippen MR) is 56.9 cm³/mol. The highest BCUT2D eigenvalue weighted by Gasteiger charge is 2.31. The summed E-state index contributed by atoms with van der Waals surface area (Å²) in [5, 5.41) is 23.6. The highest BCUT2D eigenvalue weighted by Crippen LogP contribution is 2.10. The number of amides is 1. The van der Waals surface area contributed by atoms with Crippen LogP contribution in [0.5, 0.6) is 0 Å². The molecule has 16 heavy (non-hydrogen) atoms. The number of nitrogens with one attached hydrogen (secondary N) is 2. The highest BCUT2D eigenvalue weighted by molar-refractivity contribution is 5.81. The van der Waals surface area contributed by atoms with Crippen molar-refractivity contribution in [2.45, 2.75) is 25.4 Å². The second-order valence-corrected chi connectivity index (χ2v) is 4.34. The molecule has 0 bridgehead atoms. The molecule has 0 aromatic heterocycles. The van der Waals surface area contributed by atoms with Gasteiger partial charge in [0.05, 0.1) is 12.5 Å². The predicted octanol–water partition coefficient (Wildman–Crippen LogP) is -1.06. The van der Waals surface area contributed by atoms with Gasteiger partial charge in [0, 0.05) is 6.54 Å². The number of carboxylic acid groups (broad SMARTS) is 1. The second kappa shape index (κ2) is 5.27. The lowest BCUT2D eigenvalue weighted by atomic mass is 9.98. The summed E-state index contributed by atoms with van der Waals surface area (Å²) in [5.74, 6) is -1.67. The van der Waals surface area contributed by atoms with E-state index in [4.69, 9.17) is 5.11 Å². The molecule has 2 atom stereocenters. The van der Waals surface area contributed by atoms with Crippen LogP contribution in [0.1, 0.15) is 19.8 Å². The molecule has 1 unspecified atom stereocenters. The maximum absolute atomic E-state index is 11.6. The number of hydrogen-bond acceptors (Lipinski definition) is 4. The molecule has 6 heteroatoms. The fourth-order valence-corrected chi connectivity index (χ4v) is 1.55. The Morgan fingerprint density at radius 3 is 2.75 bits per heavy atom. The van der Waals surface area contributed by atoms with E-state index in [1.807, 2.05) is 0 Å². The zero-order valence-corrected chi connectivity index (χ0v) is 9.32. The molecule has 0 aromatic carbocycles. The van der Waals surface area contributed by atoms with Crippen molar-refractivity contribution >= 4 is 11.9 Å². The molecule has 6 nitrogen and oxygen atoms in total. The minimum absolute atomic E-state index is 0.127. The van der Waals surface area contributed by atoms with Crippen molar-refractivity contribution < 1.29 is 19.8 Å². The number of piperidine rings is 1. The first kappa shape index (κ1) is 12.9. The molecule has 1 amide bonds. The molecule has 1 aliphatic rings. The second-order valence-electron chi connectivity index (χ2n) is 4.34. The zero-order valence-electron chi connectivity index (χ0n) is 9.32. The van der Waals surface area contributed by atoms with E-state index in [1.165, 1.54) is 0 Å². The van der Waals surface area contributed by atoms with Gasteiger partial charge in [-0.25, -0.2) is 4.79 Å². The molecule has 1 saturated heterocycles. The Morgan fingerprint density at radius 1 is 1.56 bits per heavy atom. The number of carboxylic acids is 1. The van der Waals surface area contributed by atoms with E-state index in [0.717, 1.165) is 26.3 Å². The SMILES string of the molecule is CC(O)(CNC(=O)[C@@H]1CCCNC1)C(=O)O. The molecule has 0 radical (unpaired) electrons. The number of aliphatic hydroxyl groups is 1. The summed E-state index contributed by atoms with van der Waals surface area (Å²) in [6.45, 7) is 2.42. The standard InChI is InChI=1S/C10H18N2O4/c1-10(16,9(14)15)6-12-8(13)7-3-2-4-11-5-7/h7,11,16H,2-6H2,1H3,(H,12,13)(H,14,15)/t7-,10?/m1/s1. The Kier molecular flexibility index (Phi) is 4.26. The van der Waals surface area contributed by atoms with Crippen LogP contribution < -0.4 is 10.6 Å². The quantitative estimate of drug-likeness (QED) is 0.493. The largest absolute Gasteiger partial charge is 0.479 e. The molecule has 1 fully saturated rings. The van der Waals surface area contributed by atoms with Crippen LogP contribution in [0.2, 0.25) is 0 Å². The van der Waals surface area contributed by atoms with Crippen LogP contribution in [0.25, 0.3) is 0 Å². The number of rotatable bonds is 4. The minimum atomic E-state index is -1.91. The van der Waals surface area contributed by atoms with E-state index in [2.05, 4.69) is 10.6 Å². The Morgan fingerprint density at radius 2 is 2.25 bits per heavy atom. The van der Waals surface area contributed by atoms with Crippen LogP contribution in [0.3, 0.4) is 0 Å². The van der Waals surface area contributed by atoms with Gasteiger partial charge in [-0.1, -0.05) is 0 Å². The lowest BCUT2D eigenvalue weighted by Crippen LogP contribution is -2.49. The third-order valence-corrected chi connectivity index (χ3v) is 2.74. The Balaban J connectivity index is 2.37. The molecule has 92 valence electrons. The van der Waals surface area contributed by atoms with E-state index in [0.29, 0.717) is 6.54 Å². The van der Waals surface area contributed by atoms with Gasteiger partial charge in [0.15, 0.2) is 5.60 Å². The van der Waals surface area contributed by atoms with Gasteiger partial charge in [-0.15, -0.1) is 0 Å². The van der Waals surface area contributed by atoms with Gasteiger partial charge in [-0.2, -0.15) is 0 Å². The fourth-order valence-electron chi connectivity index (χ4n) is 1.55. The third kappa shape index (κ3) is 3.46. The maximum Gasteiger partial charge on any atom is 0.337 e. The van der Waals surface area contributed by atoms with E-state index in [-0.39, 0.29) is 18.4 Å². The maximum atomic E-state index is 11.6. The molecular weight excluding hydrogens is 212 g/mol. The van der Waals surface area contributed by atoms with Gasteiger partial charge in [-0.3, -0.25) is 4.79 Å². The van der Waals surface area contributed by atoms with Crippen LogP contribution in [0.4, 0.5) is 0 Å². The average Bonchev–Trinajstić information content (AvgIpc) is 2.27. The topological polar surface area (TPSA) is 98.7 Å². The minimum Gasteiger partial charge on any atom is -0.479 e. The smallest absolute Gasteiger partial charge is 0.337 e. The molecule has 0 spiro atoms. The molecule has 1 rings (SSSR count). The molecule has 0 aromatic rings. The fraction of sp³-hybridized carbons (Fsp3) is 0.800. The van der Waals surface area contributed by atoms with Crippen molar-refractivity contribution in [3.05, 3.63) is 0 Å². The van der Waals surface area contributed by atoms with Gasteiger partial charge in [0.25, 0.3) is 0 Å². The summed E-state index contributed by atoms with van der Waals surface area (Å²) in [5.41, 5.74) is -1.91. The summed E-state index contributed by atoms with van der Waals surface area (Å²) in [7, 11) is 0. The monoisotopic (exact) mass is 230 g/mol. The van der Waals surface area contributed by atoms with E-state index in [1.54, 1.807) is 0 Å². The van der Waals surface area contributed by atoms with Crippen LogP contribution in [-0.2, 0) is 9.59 Å². The summed E-state index contributed by atoms with van der Waals surface area (Å²) < 4.78 is 0. The van der Waals surface area contributed by atoms with Crippen molar-refractivity contribution in [1.82, 2.24) is 10.6 Å². The Hall–Kier alpha value is -1.14. The molecule has 4 N–H and O–H groups in total. The summed E-state index contributed by atoms with van der Waals surface area (Å²) in [4.78, 5) is 22.2. The van der Waals surface area contributed by atoms with E-state index in [9.17, 15) is 14.7 Å². The first-order valence-corrected chi connectivity index (χ1v) is 5.37. The van der Waals surface area contributed by atoms with Crippen molar-refractivity contribution in [3.8, 4) is 0 Å². The molecule has 0 saturated carbocycles.